The second-order valence-corrected chi connectivity index (χ2v) is 8.91. The maximum atomic E-state index is 13.1. The second kappa shape index (κ2) is 11.6. The van der Waals surface area contributed by atoms with Gasteiger partial charge in [0.25, 0.3) is 5.56 Å². The van der Waals surface area contributed by atoms with Crippen molar-refractivity contribution >= 4 is 17.7 Å². The molecule has 1 atom stereocenters. The third-order valence-corrected chi connectivity index (χ3v) is 6.58. The van der Waals surface area contributed by atoms with Crippen LogP contribution in [0.15, 0.2) is 64.7 Å². The molecule has 0 aliphatic rings. The van der Waals surface area contributed by atoms with Crippen molar-refractivity contribution in [2.24, 2.45) is 7.05 Å². The summed E-state index contributed by atoms with van der Waals surface area (Å²) < 4.78 is 1.57. The van der Waals surface area contributed by atoms with E-state index >= 15 is 0 Å². The number of nitrogens with zero attached hydrogens (tertiary/aromatic N) is 3. The highest BCUT2D eigenvalue weighted by molar-refractivity contribution is 8.00. The van der Waals surface area contributed by atoms with Gasteiger partial charge in [0.1, 0.15) is 0 Å². The summed E-state index contributed by atoms with van der Waals surface area (Å²) in [5.41, 5.74) is 3.36. The molecule has 32 heavy (non-hydrogen) atoms. The molecule has 3 aromatic rings. The fourth-order valence-electron chi connectivity index (χ4n) is 3.45. The van der Waals surface area contributed by atoms with Gasteiger partial charge in [-0.3, -0.25) is 19.1 Å². The minimum absolute atomic E-state index is 0.0342. The van der Waals surface area contributed by atoms with Crippen molar-refractivity contribution in [3.8, 4) is 0 Å². The Morgan fingerprint density at radius 2 is 1.91 bits per heavy atom. The Bertz CT molecular complexity index is 1080. The van der Waals surface area contributed by atoms with Gasteiger partial charge in [0, 0.05) is 49.6 Å². The Balaban J connectivity index is 1.71. The maximum absolute atomic E-state index is 13.1. The van der Waals surface area contributed by atoms with E-state index in [0.717, 1.165) is 17.7 Å². The smallest absolute Gasteiger partial charge is 0.257 e. The quantitative estimate of drug-likeness (QED) is 0.377. The van der Waals surface area contributed by atoms with Crippen molar-refractivity contribution in [3.63, 3.8) is 0 Å². The lowest BCUT2D eigenvalue weighted by Gasteiger charge is -2.18. The molecular formula is C25H30N4O2S. The van der Waals surface area contributed by atoms with Gasteiger partial charge in [-0.15, -0.1) is 0 Å². The summed E-state index contributed by atoms with van der Waals surface area (Å²) in [6.45, 7) is 4.44. The summed E-state index contributed by atoms with van der Waals surface area (Å²) in [7, 11) is 1.73. The zero-order valence-corrected chi connectivity index (χ0v) is 19.7. The van der Waals surface area contributed by atoms with E-state index in [1.807, 2.05) is 55.5 Å². The molecule has 0 bridgehead atoms. The molecule has 0 aliphatic carbocycles. The predicted molar refractivity (Wildman–Crippen MR) is 129 cm³/mol. The summed E-state index contributed by atoms with van der Waals surface area (Å²) in [4.78, 5) is 34.9. The van der Waals surface area contributed by atoms with Gasteiger partial charge in [-0.2, -0.15) is 0 Å². The first-order valence-corrected chi connectivity index (χ1v) is 11.8. The molecule has 0 spiro atoms. The van der Waals surface area contributed by atoms with Gasteiger partial charge >= 0.3 is 0 Å². The average Bonchev–Trinajstić information content (AvgIpc) is 2.81. The van der Waals surface area contributed by atoms with Crippen LogP contribution in [-0.4, -0.2) is 32.2 Å². The SMILES string of the molecule is CCCC(Sc1nc(C)c(Cc2ccccc2)c(=O)n1C)C(=O)NCCc1ccccn1. The van der Waals surface area contributed by atoms with Gasteiger partial charge in [0.15, 0.2) is 5.16 Å². The number of hydrogen-bond acceptors (Lipinski definition) is 5. The van der Waals surface area contributed by atoms with Crippen molar-refractivity contribution in [1.29, 1.82) is 0 Å². The van der Waals surface area contributed by atoms with Crippen LogP contribution >= 0.6 is 11.8 Å². The topological polar surface area (TPSA) is 76.9 Å². The van der Waals surface area contributed by atoms with Gasteiger partial charge in [-0.1, -0.05) is 61.5 Å². The summed E-state index contributed by atoms with van der Waals surface area (Å²) >= 11 is 1.36. The number of thioether (sulfide) groups is 1. The Hall–Kier alpha value is -2.93. The number of aryl methyl sites for hydroxylation is 1. The molecule has 1 aromatic carbocycles. The molecular weight excluding hydrogens is 420 g/mol. The van der Waals surface area contributed by atoms with Crippen LogP contribution in [0.2, 0.25) is 0 Å². The molecule has 0 saturated carbocycles. The summed E-state index contributed by atoms with van der Waals surface area (Å²) in [6.07, 6.45) is 4.55. The fourth-order valence-corrected chi connectivity index (χ4v) is 4.67. The van der Waals surface area contributed by atoms with Gasteiger partial charge in [0.2, 0.25) is 5.91 Å². The van der Waals surface area contributed by atoms with E-state index in [1.54, 1.807) is 17.8 Å². The van der Waals surface area contributed by atoms with E-state index in [2.05, 4.69) is 17.2 Å². The molecule has 0 saturated heterocycles. The van der Waals surface area contributed by atoms with Crippen LogP contribution in [0.25, 0.3) is 0 Å². The van der Waals surface area contributed by atoms with Crippen molar-refractivity contribution in [2.75, 3.05) is 6.54 Å². The van der Waals surface area contributed by atoms with Crippen LogP contribution in [0.3, 0.4) is 0 Å². The van der Waals surface area contributed by atoms with Crippen LogP contribution < -0.4 is 10.9 Å². The lowest BCUT2D eigenvalue weighted by Crippen LogP contribution is -2.35. The number of nitrogens with one attached hydrogen (secondary N) is 1. The summed E-state index contributed by atoms with van der Waals surface area (Å²) in [6, 6.07) is 15.7. The average molecular weight is 451 g/mol. The van der Waals surface area contributed by atoms with Gasteiger partial charge in [-0.25, -0.2) is 4.98 Å². The van der Waals surface area contributed by atoms with Crippen molar-refractivity contribution in [1.82, 2.24) is 19.9 Å². The van der Waals surface area contributed by atoms with Crippen molar-refractivity contribution in [2.45, 2.75) is 49.9 Å². The Labute approximate surface area is 193 Å². The summed E-state index contributed by atoms with van der Waals surface area (Å²) in [5, 5.41) is 3.28. The first kappa shape index (κ1) is 23.7. The van der Waals surface area contributed by atoms with Crippen LogP contribution in [-0.2, 0) is 24.7 Å². The number of carbonyl (C=O) groups is 1. The molecule has 1 unspecified atom stereocenters. The standard InChI is InChI=1S/C25H30N4O2S/c1-4-10-22(23(30)27-16-14-20-13-8-9-15-26-20)32-25-28-18(2)21(24(31)29(25)3)17-19-11-6-5-7-12-19/h5-9,11-13,15,22H,4,10,14,16-17H2,1-3H3,(H,27,30). The highest BCUT2D eigenvalue weighted by Gasteiger charge is 2.22. The number of hydrogen-bond donors (Lipinski definition) is 1. The first-order valence-electron chi connectivity index (χ1n) is 10.9. The minimum Gasteiger partial charge on any atom is -0.355 e. The number of amides is 1. The predicted octanol–water partition coefficient (Wildman–Crippen LogP) is 3.69. The van der Waals surface area contributed by atoms with Crippen LogP contribution in [0.4, 0.5) is 0 Å². The van der Waals surface area contributed by atoms with Crippen LogP contribution in [0.1, 0.15) is 42.3 Å². The number of aromatic nitrogens is 3. The normalized spacial score (nSPS) is 11.8. The summed E-state index contributed by atoms with van der Waals surface area (Å²) in [5.74, 6) is -0.0342. The fraction of sp³-hybridized carbons (Fsp3) is 0.360. The molecule has 0 aliphatic heterocycles. The van der Waals surface area contributed by atoms with E-state index in [-0.39, 0.29) is 16.7 Å². The lowest BCUT2D eigenvalue weighted by molar-refractivity contribution is -0.120. The van der Waals surface area contributed by atoms with E-state index < -0.39 is 0 Å². The highest BCUT2D eigenvalue weighted by Crippen LogP contribution is 2.25. The number of rotatable bonds is 10. The molecule has 168 valence electrons. The largest absolute Gasteiger partial charge is 0.355 e. The molecule has 0 fully saturated rings. The highest BCUT2D eigenvalue weighted by atomic mass is 32.2. The maximum Gasteiger partial charge on any atom is 0.257 e. The zero-order valence-electron chi connectivity index (χ0n) is 18.9. The first-order chi connectivity index (χ1) is 15.5. The van der Waals surface area contributed by atoms with E-state index in [1.165, 1.54) is 11.8 Å². The molecule has 0 radical (unpaired) electrons. The monoisotopic (exact) mass is 450 g/mol. The number of pyridine rings is 1. The van der Waals surface area contributed by atoms with Gasteiger partial charge in [0.05, 0.1) is 5.25 Å². The Morgan fingerprint density at radius 1 is 1.16 bits per heavy atom. The molecule has 3 rings (SSSR count). The number of carbonyl (C=O) groups excluding carboxylic acids is 1. The molecule has 1 amide bonds. The van der Waals surface area contributed by atoms with Crippen LogP contribution in [0, 0.1) is 6.92 Å². The van der Waals surface area contributed by atoms with E-state index in [0.29, 0.717) is 42.2 Å². The minimum atomic E-state index is -0.304. The van der Waals surface area contributed by atoms with E-state index in [4.69, 9.17) is 4.98 Å². The third kappa shape index (κ3) is 6.29. The van der Waals surface area contributed by atoms with Crippen molar-refractivity contribution < 1.29 is 4.79 Å². The molecule has 2 heterocycles. The molecule has 6 nitrogen and oxygen atoms in total. The second-order valence-electron chi connectivity index (χ2n) is 7.74. The molecule has 2 aromatic heterocycles. The zero-order chi connectivity index (χ0) is 22.9. The van der Waals surface area contributed by atoms with Crippen LogP contribution in [0.5, 0.6) is 0 Å². The molecule has 7 heteroatoms. The van der Waals surface area contributed by atoms with Gasteiger partial charge in [-0.05, 0) is 31.0 Å². The van der Waals surface area contributed by atoms with E-state index in [9.17, 15) is 9.59 Å². The Morgan fingerprint density at radius 3 is 2.59 bits per heavy atom. The lowest BCUT2D eigenvalue weighted by atomic mass is 10.1. The van der Waals surface area contributed by atoms with Crippen molar-refractivity contribution in [3.05, 3.63) is 87.6 Å². The third-order valence-electron chi connectivity index (χ3n) is 5.27. The van der Waals surface area contributed by atoms with Gasteiger partial charge < -0.3 is 5.32 Å². The number of benzene rings is 1. The molecule has 1 N–H and O–H groups in total. The Kier molecular flexibility index (Phi) is 8.62.